The van der Waals surface area contributed by atoms with Crippen molar-refractivity contribution in [2.45, 2.75) is 71.1 Å². The first-order chi connectivity index (χ1) is 12.4. The van der Waals surface area contributed by atoms with E-state index in [4.69, 9.17) is 0 Å². The fourth-order valence-corrected chi connectivity index (χ4v) is 6.94. The van der Waals surface area contributed by atoms with E-state index in [0.29, 0.717) is 11.2 Å². The molecule has 0 amide bonds. The molecule has 1 N–H and O–H groups in total. The average molecular weight is 356 g/mol. The maximum Gasteiger partial charge on any atom is 0.119 e. The minimum absolute atomic E-state index is 0.523. The summed E-state index contributed by atoms with van der Waals surface area (Å²) in [4.78, 5) is 2.36. The van der Waals surface area contributed by atoms with Crippen molar-refractivity contribution in [2.24, 2.45) is 23.2 Å². The molecule has 0 heterocycles. The smallest absolute Gasteiger partial charge is 0.119 e. The highest BCUT2D eigenvalue weighted by molar-refractivity contribution is 5.45. The maximum atomic E-state index is 10.3. The SMILES string of the molecule is CCc1cc2c(cc1O)CC[C@@H]1[C@@H]2CC[C@]2(C)[C@@H](CCN(C)C)CC[C@@H]12. The first kappa shape index (κ1) is 18.3. The maximum absolute atomic E-state index is 10.3. The van der Waals surface area contributed by atoms with Crippen LogP contribution >= 0.6 is 0 Å². The Morgan fingerprint density at radius 3 is 2.69 bits per heavy atom. The van der Waals surface area contributed by atoms with Gasteiger partial charge in [-0.3, -0.25) is 0 Å². The van der Waals surface area contributed by atoms with Gasteiger partial charge in [0.1, 0.15) is 5.75 Å². The Labute approximate surface area is 160 Å². The summed E-state index contributed by atoms with van der Waals surface area (Å²) in [6, 6.07) is 4.45. The highest BCUT2D eigenvalue weighted by Crippen LogP contribution is 2.63. The number of nitrogens with zero attached hydrogens (tertiary/aromatic N) is 1. The van der Waals surface area contributed by atoms with Gasteiger partial charge in [0.25, 0.3) is 0 Å². The highest BCUT2D eigenvalue weighted by atomic mass is 16.3. The van der Waals surface area contributed by atoms with Crippen molar-refractivity contribution >= 4 is 0 Å². The number of hydrogen-bond donors (Lipinski definition) is 1. The first-order valence-corrected chi connectivity index (χ1v) is 10.9. The summed E-state index contributed by atoms with van der Waals surface area (Å²) in [5.74, 6) is 3.98. The molecular formula is C24H37NO. The van der Waals surface area contributed by atoms with Gasteiger partial charge in [0, 0.05) is 0 Å². The predicted molar refractivity (Wildman–Crippen MR) is 109 cm³/mol. The van der Waals surface area contributed by atoms with Gasteiger partial charge in [-0.1, -0.05) is 19.9 Å². The lowest BCUT2D eigenvalue weighted by Gasteiger charge is -2.51. The fourth-order valence-electron chi connectivity index (χ4n) is 6.94. The Morgan fingerprint density at radius 1 is 1.15 bits per heavy atom. The zero-order valence-electron chi connectivity index (χ0n) is 17.2. The summed E-state index contributed by atoms with van der Waals surface area (Å²) in [5.41, 5.74) is 4.74. The second-order valence-corrected chi connectivity index (χ2v) is 9.86. The number of benzene rings is 1. The van der Waals surface area contributed by atoms with Gasteiger partial charge in [0.2, 0.25) is 0 Å². The number of rotatable bonds is 4. The first-order valence-electron chi connectivity index (χ1n) is 10.9. The molecule has 0 aromatic heterocycles. The summed E-state index contributed by atoms with van der Waals surface area (Å²) in [6.07, 6.45) is 10.5. The molecule has 0 bridgehead atoms. The zero-order chi connectivity index (χ0) is 18.5. The number of aromatic hydroxyl groups is 1. The van der Waals surface area contributed by atoms with Crippen LogP contribution in [0.2, 0.25) is 0 Å². The molecule has 1 aromatic rings. The standard InChI is InChI=1S/C24H37NO/c1-5-16-14-21-17(15-23(16)26)6-8-20-19(21)10-12-24(2)18(7-9-22(20)24)11-13-25(3)4/h14-15,18-20,22,26H,5-13H2,1-4H3/t18-,19+,20-,22+,24-/m1/s1. The zero-order valence-corrected chi connectivity index (χ0v) is 17.2. The van der Waals surface area contributed by atoms with Crippen LogP contribution in [0.3, 0.4) is 0 Å². The number of aryl methyl sites for hydroxylation is 2. The minimum atomic E-state index is 0.523. The van der Waals surface area contributed by atoms with Crippen LogP contribution in [0.4, 0.5) is 0 Å². The van der Waals surface area contributed by atoms with Gasteiger partial charge in [-0.05, 0) is 124 Å². The van der Waals surface area contributed by atoms with Crippen molar-refractivity contribution in [2.75, 3.05) is 20.6 Å². The van der Waals surface area contributed by atoms with Gasteiger partial charge >= 0.3 is 0 Å². The van der Waals surface area contributed by atoms with E-state index >= 15 is 0 Å². The molecule has 2 heteroatoms. The lowest BCUT2D eigenvalue weighted by molar-refractivity contribution is 0.0240. The number of fused-ring (bicyclic) bond motifs is 5. The molecule has 5 atom stereocenters. The van der Waals surface area contributed by atoms with Gasteiger partial charge in [-0.25, -0.2) is 0 Å². The summed E-state index contributed by atoms with van der Waals surface area (Å²) >= 11 is 0. The largest absolute Gasteiger partial charge is 0.508 e. The van der Waals surface area contributed by atoms with Gasteiger partial charge in [-0.15, -0.1) is 0 Å². The second kappa shape index (κ2) is 6.86. The van der Waals surface area contributed by atoms with Gasteiger partial charge in [0.05, 0.1) is 0 Å². The van der Waals surface area contributed by atoms with Crippen LogP contribution in [-0.2, 0) is 12.8 Å². The average Bonchev–Trinajstić information content (AvgIpc) is 2.95. The Kier molecular flexibility index (Phi) is 4.84. The van der Waals surface area contributed by atoms with E-state index in [1.54, 1.807) is 5.56 Å². The molecule has 3 aliphatic carbocycles. The van der Waals surface area contributed by atoms with E-state index in [-0.39, 0.29) is 0 Å². The minimum Gasteiger partial charge on any atom is -0.508 e. The van der Waals surface area contributed by atoms with Gasteiger partial charge in [-0.2, -0.15) is 0 Å². The quantitative estimate of drug-likeness (QED) is 0.784. The van der Waals surface area contributed by atoms with Crippen molar-refractivity contribution in [1.29, 1.82) is 0 Å². The topological polar surface area (TPSA) is 23.5 Å². The lowest BCUT2D eigenvalue weighted by atomic mass is 9.54. The Morgan fingerprint density at radius 2 is 1.96 bits per heavy atom. The van der Waals surface area contributed by atoms with E-state index in [1.807, 2.05) is 0 Å². The summed E-state index contributed by atoms with van der Waals surface area (Å²) in [7, 11) is 4.43. The van der Waals surface area contributed by atoms with E-state index in [2.05, 4.69) is 45.0 Å². The third-order valence-electron chi connectivity index (χ3n) is 8.43. The summed E-state index contributed by atoms with van der Waals surface area (Å²) in [5, 5.41) is 10.3. The third kappa shape index (κ3) is 2.89. The molecule has 2 nitrogen and oxygen atoms in total. The summed E-state index contributed by atoms with van der Waals surface area (Å²) < 4.78 is 0. The molecule has 0 spiro atoms. The van der Waals surface area contributed by atoms with Crippen molar-refractivity contribution < 1.29 is 5.11 Å². The molecule has 3 aliphatic rings. The molecule has 26 heavy (non-hydrogen) atoms. The second-order valence-electron chi connectivity index (χ2n) is 9.86. The molecule has 4 rings (SSSR count). The molecule has 1 aromatic carbocycles. The molecule has 2 fully saturated rings. The van der Waals surface area contributed by atoms with E-state index in [1.165, 1.54) is 57.1 Å². The molecule has 0 radical (unpaired) electrons. The lowest BCUT2D eigenvalue weighted by Crippen LogP contribution is -2.42. The van der Waals surface area contributed by atoms with E-state index < -0.39 is 0 Å². The Hall–Kier alpha value is -1.02. The molecule has 0 saturated heterocycles. The fraction of sp³-hybridized carbons (Fsp3) is 0.750. The van der Waals surface area contributed by atoms with Crippen LogP contribution in [0.15, 0.2) is 12.1 Å². The monoisotopic (exact) mass is 355 g/mol. The van der Waals surface area contributed by atoms with Crippen LogP contribution in [0.5, 0.6) is 5.75 Å². The van der Waals surface area contributed by atoms with Crippen LogP contribution in [0.25, 0.3) is 0 Å². The van der Waals surface area contributed by atoms with Crippen molar-refractivity contribution in [3.8, 4) is 5.75 Å². The highest BCUT2D eigenvalue weighted by Gasteiger charge is 2.54. The molecular weight excluding hydrogens is 318 g/mol. The molecule has 2 saturated carbocycles. The van der Waals surface area contributed by atoms with E-state index in [0.717, 1.165) is 35.7 Å². The normalized spacial score (nSPS) is 35.9. The molecule has 144 valence electrons. The van der Waals surface area contributed by atoms with E-state index in [9.17, 15) is 5.11 Å². The van der Waals surface area contributed by atoms with Crippen LogP contribution < -0.4 is 0 Å². The molecule has 0 aliphatic heterocycles. The Bertz CT molecular complexity index is 666. The number of phenols is 1. The Balaban J connectivity index is 1.59. The van der Waals surface area contributed by atoms with Crippen molar-refractivity contribution in [1.82, 2.24) is 4.90 Å². The van der Waals surface area contributed by atoms with Crippen LogP contribution in [-0.4, -0.2) is 30.6 Å². The summed E-state index contributed by atoms with van der Waals surface area (Å²) in [6.45, 7) is 6.03. The number of hydrogen-bond acceptors (Lipinski definition) is 2. The van der Waals surface area contributed by atoms with Crippen molar-refractivity contribution in [3.05, 3.63) is 28.8 Å². The predicted octanol–water partition coefficient (Wildman–Crippen LogP) is 5.38. The molecule has 0 unspecified atom stereocenters. The van der Waals surface area contributed by atoms with Crippen molar-refractivity contribution in [3.63, 3.8) is 0 Å². The third-order valence-corrected chi connectivity index (χ3v) is 8.43. The number of phenolic OH excluding ortho intramolecular Hbond substituents is 1. The van der Waals surface area contributed by atoms with Crippen LogP contribution in [0, 0.1) is 23.2 Å². The van der Waals surface area contributed by atoms with Crippen LogP contribution in [0.1, 0.15) is 75.0 Å². The van der Waals surface area contributed by atoms with Gasteiger partial charge in [0.15, 0.2) is 0 Å². The van der Waals surface area contributed by atoms with Gasteiger partial charge < -0.3 is 10.0 Å².